The predicted molar refractivity (Wildman–Crippen MR) is 101 cm³/mol. The summed E-state index contributed by atoms with van der Waals surface area (Å²) in [5.41, 5.74) is 2.12. The molecule has 0 spiro atoms. The highest BCUT2D eigenvalue weighted by atomic mass is 32.1. The number of thiazole rings is 1. The van der Waals surface area contributed by atoms with Crippen molar-refractivity contribution in [2.24, 2.45) is 5.92 Å². The van der Waals surface area contributed by atoms with Gasteiger partial charge in [-0.25, -0.2) is 9.37 Å². The summed E-state index contributed by atoms with van der Waals surface area (Å²) in [7, 11) is 0. The van der Waals surface area contributed by atoms with Crippen LogP contribution in [0.3, 0.4) is 0 Å². The number of aryl methyl sites for hydroxylation is 1. The van der Waals surface area contributed by atoms with Crippen molar-refractivity contribution in [3.8, 4) is 0 Å². The molecule has 1 N–H and O–H groups in total. The predicted octanol–water partition coefficient (Wildman–Crippen LogP) is 2.70. The molecule has 0 aliphatic heterocycles. The zero-order valence-corrected chi connectivity index (χ0v) is 15.4. The van der Waals surface area contributed by atoms with Gasteiger partial charge >= 0.3 is 0 Å². The fourth-order valence-corrected chi connectivity index (χ4v) is 4.82. The maximum absolute atomic E-state index is 13.6. The lowest BCUT2D eigenvalue weighted by molar-refractivity contribution is 0.273. The van der Waals surface area contributed by atoms with Crippen molar-refractivity contribution in [2.75, 3.05) is 6.61 Å². The molecule has 1 aromatic carbocycles. The maximum Gasteiger partial charge on any atom is 0.259 e. The summed E-state index contributed by atoms with van der Waals surface area (Å²) in [6.45, 7) is 2.43. The van der Waals surface area contributed by atoms with Crippen molar-refractivity contribution >= 4 is 27.2 Å². The second-order valence-electron chi connectivity index (χ2n) is 7.04. The number of halogens is 1. The van der Waals surface area contributed by atoms with Gasteiger partial charge < -0.3 is 5.11 Å². The summed E-state index contributed by atoms with van der Waals surface area (Å²) in [4.78, 5) is 19.1. The summed E-state index contributed by atoms with van der Waals surface area (Å²) in [5, 5.41) is 14.5. The Morgan fingerprint density at radius 1 is 1.37 bits per heavy atom. The van der Waals surface area contributed by atoms with E-state index in [1.807, 2.05) is 6.92 Å². The van der Waals surface area contributed by atoms with Gasteiger partial charge in [-0.2, -0.15) is 5.10 Å². The molecule has 2 atom stereocenters. The number of hydrogen-bond donors (Lipinski definition) is 1. The Hall–Kier alpha value is -2.58. The van der Waals surface area contributed by atoms with E-state index in [4.69, 9.17) is 0 Å². The summed E-state index contributed by atoms with van der Waals surface area (Å²) in [6, 6.07) is 6.04. The lowest BCUT2D eigenvalue weighted by Gasteiger charge is -2.05. The average Bonchev–Trinajstić information content (AvgIpc) is 3.19. The van der Waals surface area contributed by atoms with Gasteiger partial charge in [0.2, 0.25) is 0 Å². The first-order valence-electron chi connectivity index (χ1n) is 8.79. The van der Waals surface area contributed by atoms with Crippen molar-refractivity contribution in [2.45, 2.75) is 25.8 Å². The van der Waals surface area contributed by atoms with Crippen LogP contribution in [0.1, 0.15) is 28.6 Å². The minimum absolute atomic E-state index is 0.124. The first-order valence-corrected chi connectivity index (χ1v) is 9.60. The molecule has 0 unspecified atom stereocenters. The number of fused-ring (bicyclic) bond motifs is 2. The third-order valence-corrected chi connectivity index (χ3v) is 6.19. The lowest BCUT2D eigenvalue weighted by Crippen LogP contribution is -2.18. The van der Waals surface area contributed by atoms with Gasteiger partial charge in [-0.3, -0.25) is 13.9 Å². The molecule has 0 saturated heterocycles. The maximum atomic E-state index is 13.6. The number of aliphatic hydroxyl groups is 1. The van der Waals surface area contributed by atoms with Crippen molar-refractivity contribution in [1.29, 1.82) is 0 Å². The average molecular weight is 384 g/mol. The molecular formula is C19H17FN4O2S. The Labute approximate surface area is 157 Å². The van der Waals surface area contributed by atoms with Gasteiger partial charge in [0.05, 0.1) is 24.0 Å². The van der Waals surface area contributed by atoms with E-state index in [9.17, 15) is 14.3 Å². The molecule has 3 heterocycles. The highest BCUT2D eigenvalue weighted by Gasteiger charge is 2.41. The molecule has 27 heavy (non-hydrogen) atoms. The number of benzene rings is 1. The minimum atomic E-state index is -0.325. The van der Waals surface area contributed by atoms with Gasteiger partial charge in [0.25, 0.3) is 5.56 Å². The van der Waals surface area contributed by atoms with E-state index in [1.165, 1.54) is 29.5 Å². The zero-order valence-electron chi connectivity index (χ0n) is 14.6. The number of aromatic nitrogens is 4. The third-order valence-electron chi connectivity index (χ3n) is 5.21. The van der Waals surface area contributed by atoms with E-state index in [-0.39, 0.29) is 29.8 Å². The van der Waals surface area contributed by atoms with Crippen LogP contribution in [0.15, 0.2) is 35.3 Å². The summed E-state index contributed by atoms with van der Waals surface area (Å²) >= 11 is 1.49. The molecule has 3 aromatic heterocycles. The van der Waals surface area contributed by atoms with Crippen LogP contribution < -0.4 is 5.56 Å². The quantitative estimate of drug-likeness (QED) is 0.587. The van der Waals surface area contributed by atoms with E-state index >= 15 is 0 Å². The molecule has 1 aliphatic carbocycles. The molecule has 0 radical (unpaired) electrons. The Balaban J connectivity index is 1.57. The second kappa shape index (κ2) is 5.97. The van der Waals surface area contributed by atoms with Crippen LogP contribution in [-0.4, -0.2) is 30.9 Å². The van der Waals surface area contributed by atoms with Crippen LogP contribution in [-0.2, 0) is 6.54 Å². The highest BCUT2D eigenvalue weighted by Crippen LogP contribution is 2.49. The standard InChI is InChI=1S/C19H17FN4O2S/c1-10-18(15-4-12(15)9-25)24-17(26)6-14(22-19(24)27-10)8-23-16-5-13(20)3-2-11(16)7-21-23/h2-3,5-7,12,15,25H,4,8-9H2,1H3/t12-,15+/m0/s1. The smallest absolute Gasteiger partial charge is 0.259 e. The van der Waals surface area contributed by atoms with Gasteiger partial charge in [0, 0.05) is 34.5 Å². The van der Waals surface area contributed by atoms with E-state index in [0.29, 0.717) is 22.7 Å². The topological polar surface area (TPSA) is 72.4 Å². The summed E-state index contributed by atoms with van der Waals surface area (Å²) in [5.74, 6) is 0.139. The Morgan fingerprint density at radius 3 is 3.00 bits per heavy atom. The Bertz CT molecular complexity index is 1240. The molecule has 0 bridgehead atoms. The van der Waals surface area contributed by atoms with Gasteiger partial charge in [0.1, 0.15) is 5.82 Å². The molecular weight excluding hydrogens is 367 g/mol. The lowest BCUT2D eigenvalue weighted by atomic mass is 10.2. The minimum Gasteiger partial charge on any atom is -0.396 e. The monoisotopic (exact) mass is 384 g/mol. The van der Waals surface area contributed by atoms with Crippen LogP contribution in [0, 0.1) is 18.7 Å². The molecule has 1 aliphatic rings. The van der Waals surface area contributed by atoms with Gasteiger partial charge in [-0.1, -0.05) is 0 Å². The van der Waals surface area contributed by atoms with E-state index < -0.39 is 0 Å². The number of nitrogens with zero attached hydrogens (tertiary/aromatic N) is 4. The first kappa shape index (κ1) is 16.6. The molecule has 0 amide bonds. The fraction of sp³-hybridized carbons (Fsp3) is 0.316. The van der Waals surface area contributed by atoms with Crippen molar-refractivity contribution in [3.05, 3.63) is 62.9 Å². The largest absolute Gasteiger partial charge is 0.396 e. The fourth-order valence-electron chi connectivity index (χ4n) is 3.76. The molecule has 1 saturated carbocycles. The molecule has 8 heteroatoms. The molecule has 5 rings (SSSR count). The number of aliphatic hydroxyl groups excluding tert-OH is 1. The first-order chi connectivity index (χ1) is 13.0. The summed E-state index contributed by atoms with van der Waals surface area (Å²) < 4.78 is 16.9. The van der Waals surface area contributed by atoms with E-state index in [0.717, 1.165) is 22.4 Å². The van der Waals surface area contributed by atoms with Crippen molar-refractivity contribution in [3.63, 3.8) is 0 Å². The van der Waals surface area contributed by atoms with Gasteiger partial charge in [-0.15, -0.1) is 11.3 Å². The second-order valence-corrected chi connectivity index (χ2v) is 8.22. The molecule has 4 aromatic rings. The van der Waals surface area contributed by atoms with Crippen molar-refractivity contribution in [1.82, 2.24) is 19.2 Å². The van der Waals surface area contributed by atoms with Gasteiger partial charge in [-0.05, 0) is 37.5 Å². The van der Waals surface area contributed by atoms with Gasteiger partial charge in [0.15, 0.2) is 4.96 Å². The molecule has 1 fully saturated rings. The summed E-state index contributed by atoms with van der Waals surface area (Å²) in [6.07, 6.45) is 2.58. The normalized spacial score (nSPS) is 19.2. The van der Waals surface area contributed by atoms with Crippen LogP contribution in [0.2, 0.25) is 0 Å². The van der Waals surface area contributed by atoms with Crippen LogP contribution in [0.25, 0.3) is 15.9 Å². The highest BCUT2D eigenvalue weighted by molar-refractivity contribution is 7.17. The van der Waals surface area contributed by atoms with Crippen LogP contribution in [0.4, 0.5) is 4.39 Å². The SMILES string of the molecule is Cc1sc2nc(Cn3ncc4ccc(F)cc43)cc(=O)n2c1[C@@H]1C[C@H]1CO. The van der Waals surface area contributed by atoms with Crippen LogP contribution in [0.5, 0.6) is 0 Å². The zero-order chi connectivity index (χ0) is 18.7. The Kier molecular flexibility index (Phi) is 3.66. The van der Waals surface area contributed by atoms with E-state index in [1.54, 1.807) is 21.3 Å². The van der Waals surface area contributed by atoms with Crippen molar-refractivity contribution < 1.29 is 9.50 Å². The van der Waals surface area contributed by atoms with Crippen LogP contribution >= 0.6 is 11.3 Å². The van der Waals surface area contributed by atoms with E-state index in [2.05, 4.69) is 10.1 Å². The number of rotatable bonds is 4. The third kappa shape index (κ3) is 2.67. The Morgan fingerprint density at radius 2 is 2.22 bits per heavy atom. The number of hydrogen-bond acceptors (Lipinski definition) is 5. The molecule has 138 valence electrons. The molecule has 6 nitrogen and oxygen atoms in total.